The van der Waals surface area contributed by atoms with Gasteiger partial charge in [-0.05, 0) is 123 Å². The third-order valence-electron chi connectivity index (χ3n) is 12.2. The molecule has 0 bridgehead atoms. The molecule has 0 N–H and O–H groups in total. The first-order chi connectivity index (χ1) is 13.9. The molecule has 0 saturated heterocycles. The van der Waals surface area contributed by atoms with Gasteiger partial charge in [-0.3, -0.25) is 4.79 Å². The Morgan fingerprint density at radius 3 is 2.27 bits per heavy atom. The predicted octanol–water partition coefficient (Wildman–Crippen LogP) is 8.46. The summed E-state index contributed by atoms with van der Waals surface area (Å²) in [5, 5.41) is 0. The first-order valence-corrected chi connectivity index (χ1v) is 13.4. The fourth-order valence-corrected chi connectivity index (χ4v) is 9.98. The van der Waals surface area contributed by atoms with Crippen molar-refractivity contribution in [2.75, 3.05) is 0 Å². The molecule has 0 aliphatic heterocycles. The average molecular weight is 415 g/mol. The molecule has 1 heteroatoms. The normalized spacial score (nSPS) is 48.8. The van der Waals surface area contributed by atoms with Gasteiger partial charge in [0.25, 0.3) is 0 Å². The number of hydrogen-bond acceptors (Lipinski definition) is 1. The van der Waals surface area contributed by atoms with Crippen molar-refractivity contribution in [2.24, 2.45) is 51.2 Å². The first-order valence-electron chi connectivity index (χ1n) is 13.4. The maximum Gasteiger partial charge on any atom is 0.132 e. The van der Waals surface area contributed by atoms with E-state index in [-0.39, 0.29) is 5.92 Å². The van der Waals surface area contributed by atoms with Crippen LogP contribution < -0.4 is 0 Å². The first kappa shape index (κ1) is 22.8. The lowest BCUT2D eigenvalue weighted by Crippen LogP contribution is -2.63. The van der Waals surface area contributed by atoms with E-state index in [1.165, 1.54) is 70.6 Å². The summed E-state index contributed by atoms with van der Waals surface area (Å²) in [7, 11) is 0. The minimum atomic E-state index is 0.261. The SMILES string of the molecule is CC(=O)[C@H](C)CC[C@@H]1CC[C@]2(C)[C@H](CC[C@@H]3[C@@]4(C)CCCC(C)(C)C4CC[C@]32C)C1. The molecule has 4 saturated carbocycles. The quantitative estimate of drug-likeness (QED) is 0.451. The molecule has 4 aliphatic rings. The highest BCUT2D eigenvalue weighted by Crippen LogP contribution is 2.74. The second-order valence-electron chi connectivity index (χ2n) is 13.8. The molecular formula is C29H50O. The summed E-state index contributed by atoms with van der Waals surface area (Å²) in [6.45, 7) is 17.2. The largest absolute Gasteiger partial charge is 0.300 e. The van der Waals surface area contributed by atoms with Gasteiger partial charge in [-0.1, -0.05) is 48.0 Å². The van der Waals surface area contributed by atoms with Crippen molar-refractivity contribution in [3.05, 3.63) is 0 Å². The zero-order chi connectivity index (χ0) is 21.9. The number of fused-ring (bicyclic) bond motifs is 5. The average Bonchev–Trinajstić information content (AvgIpc) is 2.65. The molecule has 0 radical (unpaired) electrons. The minimum Gasteiger partial charge on any atom is -0.300 e. The predicted molar refractivity (Wildman–Crippen MR) is 127 cm³/mol. The Labute approximate surface area is 187 Å². The number of ketones is 1. The Balaban J connectivity index is 1.52. The molecule has 4 fully saturated rings. The van der Waals surface area contributed by atoms with Crippen LogP contribution in [0.2, 0.25) is 0 Å². The van der Waals surface area contributed by atoms with Crippen molar-refractivity contribution in [1.29, 1.82) is 0 Å². The lowest BCUT2D eigenvalue weighted by atomic mass is 9.34. The zero-order valence-corrected chi connectivity index (χ0v) is 21.3. The third-order valence-corrected chi connectivity index (χ3v) is 12.2. The number of carbonyl (C=O) groups is 1. The van der Waals surface area contributed by atoms with E-state index in [2.05, 4.69) is 41.5 Å². The second kappa shape index (κ2) is 7.62. The van der Waals surface area contributed by atoms with Crippen LogP contribution in [0.1, 0.15) is 126 Å². The smallest absolute Gasteiger partial charge is 0.132 e. The number of Topliss-reactive ketones (excluding diaryl/α,β-unsaturated/α-hetero) is 1. The van der Waals surface area contributed by atoms with E-state index in [4.69, 9.17) is 0 Å². The molecule has 8 atom stereocenters. The summed E-state index contributed by atoms with van der Waals surface area (Å²) in [5.41, 5.74) is 2.17. The topological polar surface area (TPSA) is 17.1 Å². The molecule has 0 amide bonds. The van der Waals surface area contributed by atoms with Gasteiger partial charge >= 0.3 is 0 Å². The van der Waals surface area contributed by atoms with Gasteiger partial charge in [0.2, 0.25) is 0 Å². The van der Waals surface area contributed by atoms with Crippen LogP contribution in [0.15, 0.2) is 0 Å². The summed E-state index contributed by atoms with van der Waals surface area (Å²) in [5.74, 6) is 4.29. The van der Waals surface area contributed by atoms with Crippen molar-refractivity contribution in [2.45, 2.75) is 126 Å². The van der Waals surface area contributed by atoms with Gasteiger partial charge in [0, 0.05) is 5.92 Å². The second-order valence-corrected chi connectivity index (χ2v) is 13.8. The lowest BCUT2D eigenvalue weighted by Gasteiger charge is -2.71. The molecule has 30 heavy (non-hydrogen) atoms. The van der Waals surface area contributed by atoms with E-state index in [0.717, 1.165) is 30.1 Å². The summed E-state index contributed by atoms with van der Waals surface area (Å²) in [4.78, 5) is 11.7. The molecule has 0 spiro atoms. The lowest BCUT2D eigenvalue weighted by molar-refractivity contribution is -0.218. The van der Waals surface area contributed by atoms with Crippen LogP contribution in [0, 0.1) is 51.2 Å². The van der Waals surface area contributed by atoms with Gasteiger partial charge < -0.3 is 0 Å². The summed E-state index contributed by atoms with van der Waals surface area (Å²) < 4.78 is 0. The van der Waals surface area contributed by atoms with E-state index < -0.39 is 0 Å². The van der Waals surface area contributed by atoms with Crippen LogP contribution in [0.3, 0.4) is 0 Å². The number of carbonyl (C=O) groups excluding carboxylic acids is 1. The van der Waals surface area contributed by atoms with Crippen molar-refractivity contribution in [1.82, 2.24) is 0 Å². The Hall–Kier alpha value is -0.330. The number of hydrogen-bond donors (Lipinski definition) is 0. The van der Waals surface area contributed by atoms with E-state index in [0.29, 0.717) is 27.4 Å². The standard InChI is InChI=1S/C29H50O/c1-20(21(2)30)9-10-22-13-17-28(6)23(19-22)11-12-25-27(5)16-8-15-26(3,4)24(27)14-18-29(25,28)7/h20,22-25H,8-19H2,1-7H3/t20-,22-,23-,24?,25-,27+,28-,29-/m1/s1. The molecular weight excluding hydrogens is 364 g/mol. The molecule has 1 unspecified atom stereocenters. The summed E-state index contributed by atoms with van der Waals surface area (Å²) >= 11 is 0. The Kier molecular flexibility index (Phi) is 5.80. The van der Waals surface area contributed by atoms with Gasteiger partial charge in [-0.15, -0.1) is 0 Å². The van der Waals surface area contributed by atoms with Crippen LogP contribution in [-0.4, -0.2) is 5.78 Å². The molecule has 0 aromatic heterocycles. The minimum absolute atomic E-state index is 0.261. The van der Waals surface area contributed by atoms with Gasteiger partial charge in [-0.25, -0.2) is 0 Å². The van der Waals surface area contributed by atoms with Crippen molar-refractivity contribution >= 4 is 5.78 Å². The fraction of sp³-hybridized carbons (Fsp3) is 0.966. The molecule has 0 aromatic carbocycles. The van der Waals surface area contributed by atoms with Crippen LogP contribution in [0.25, 0.3) is 0 Å². The van der Waals surface area contributed by atoms with Gasteiger partial charge in [-0.2, -0.15) is 0 Å². The van der Waals surface area contributed by atoms with Crippen LogP contribution in [0.5, 0.6) is 0 Å². The molecule has 4 aliphatic carbocycles. The Bertz CT molecular complexity index is 663. The zero-order valence-electron chi connectivity index (χ0n) is 21.3. The Morgan fingerprint density at radius 1 is 0.867 bits per heavy atom. The highest BCUT2D eigenvalue weighted by Gasteiger charge is 2.65. The fourth-order valence-electron chi connectivity index (χ4n) is 9.98. The van der Waals surface area contributed by atoms with Crippen molar-refractivity contribution in [3.8, 4) is 0 Å². The summed E-state index contributed by atoms with van der Waals surface area (Å²) in [6.07, 6.45) is 16.9. The van der Waals surface area contributed by atoms with E-state index in [1.54, 1.807) is 6.92 Å². The molecule has 1 nitrogen and oxygen atoms in total. The van der Waals surface area contributed by atoms with Gasteiger partial charge in [0.05, 0.1) is 0 Å². The van der Waals surface area contributed by atoms with Gasteiger partial charge in [0.1, 0.15) is 5.78 Å². The van der Waals surface area contributed by atoms with Crippen LogP contribution >= 0.6 is 0 Å². The molecule has 4 rings (SSSR count). The third kappa shape index (κ3) is 3.35. The van der Waals surface area contributed by atoms with Gasteiger partial charge in [0.15, 0.2) is 0 Å². The van der Waals surface area contributed by atoms with E-state index in [1.807, 2.05) is 0 Å². The van der Waals surface area contributed by atoms with E-state index in [9.17, 15) is 4.79 Å². The highest BCUT2D eigenvalue weighted by molar-refractivity contribution is 5.77. The van der Waals surface area contributed by atoms with Crippen molar-refractivity contribution < 1.29 is 4.79 Å². The van der Waals surface area contributed by atoms with Crippen LogP contribution in [0.4, 0.5) is 0 Å². The Morgan fingerprint density at radius 2 is 1.57 bits per heavy atom. The van der Waals surface area contributed by atoms with E-state index >= 15 is 0 Å². The maximum absolute atomic E-state index is 11.7. The molecule has 172 valence electrons. The summed E-state index contributed by atoms with van der Waals surface area (Å²) in [6, 6.07) is 0. The van der Waals surface area contributed by atoms with Crippen molar-refractivity contribution in [3.63, 3.8) is 0 Å². The number of rotatable bonds is 4. The molecule has 0 heterocycles. The van der Waals surface area contributed by atoms with Crippen LogP contribution in [-0.2, 0) is 4.79 Å². The molecule has 0 aromatic rings. The monoisotopic (exact) mass is 414 g/mol. The highest BCUT2D eigenvalue weighted by atomic mass is 16.1. The maximum atomic E-state index is 11.7.